The lowest BCUT2D eigenvalue weighted by Gasteiger charge is -2.34. The van der Waals surface area contributed by atoms with E-state index in [-0.39, 0.29) is 12.4 Å². The van der Waals surface area contributed by atoms with Gasteiger partial charge in [-0.1, -0.05) is 0 Å². The average molecular weight is 354 g/mol. The Morgan fingerprint density at radius 2 is 1.84 bits per heavy atom. The predicted octanol–water partition coefficient (Wildman–Crippen LogP) is 2.08. The van der Waals surface area contributed by atoms with Crippen LogP contribution >= 0.6 is 0 Å². The van der Waals surface area contributed by atoms with Crippen LogP contribution in [0.5, 0.6) is 0 Å². The molecule has 0 N–H and O–H groups in total. The van der Waals surface area contributed by atoms with Crippen LogP contribution in [0.2, 0.25) is 0 Å². The first-order valence-electron chi connectivity index (χ1n) is 8.18. The molecule has 1 saturated heterocycles. The Morgan fingerprint density at radius 1 is 1.08 bits per heavy atom. The standard InChI is InChI=1S/C15H17F3N6O/c16-15(17,18)14-22-21-13(25-14)8-23-3-5-24(6-4-23)12-7-11(10-1-2-10)19-9-20-12/h7,9-10H,1-6,8H2. The SMILES string of the molecule is FC(F)(F)c1nnc(CN2CCN(c3cc(C4CC4)ncn3)CC2)o1. The summed E-state index contributed by atoms with van der Waals surface area (Å²) in [5, 5.41) is 6.53. The van der Waals surface area contributed by atoms with Gasteiger partial charge in [0.1, 0.15) is 12.1 Å². The van der Waals surface area contributed by atoms with Gasteiger partial charge in [-0.25, -0.2) is 9.97 Å². The van der Waals surface area contributed by atoms with Crippen molar-refractivity contribution in [2.24, 2.45) is 0 Å². The van der Waals surface area contributed by atoms with E-state index in [4.69, 9.17) is 0 Å². The highest BCUT2D eigenvalue weighted by Crippen LogP contribution is 2.39. The molecule has 1 saturated carbocycles. The van der Waals surface area contributed by atoms with E-state index in [1.807, 2.05) is 11.0 Å². The second kappa shape index (κ2) is 6.25. The Labute approximate surface area is 141 Å². The van der Waals surface area contributed by atoms with E-state index in [2.05, 4.69) is 29.5 Å². The smallest absolute Gasteiger partial charge is 0.416 e. The molecule has 0 radical (unpaired) electrons. The Kier molecular flexibility index (Phi) is 4.06. The summed E-state index contributed by atoms with van der Waals surface area (Å²) in [7, 11) is 0. The van der Waals surface area contributed by atoms with E-state index >= 15 is 0 Å². The van der Waals surface area contributed by atoms with E-state index in [1.54, 1.807) is 6.33 Å². The summed E-state index contributed by atoms with van der Waals surface area (Å²) >= 11 is 0. The van der Waals surface area contributed by atoms with Crippen LogP contribution in [0.15, 0.2) is 16.8 Å². The number of nitrogens with zero attached hydrogens (tertiary/aromatic N) is 6. The molecule has 4 rings (SSSR count). The molecule has 0 aromatic carbocycles. The summed E-state index contributed by atoms with van der Waals surface area (Å²) in [5.41, 5.74) is 1.10. The highest BCUT2D eigenvalue weighted by atomic mass is 19.4. The van der Waals surface area contributed by atoms with Gasteiger partial charge in [-0.15, -0.1) is 10.2 Å². The number of halogens is 3. The third-order valence-electron chi connectivity index (χ3n) is 4.43. The van der Waals surface area contributed by atoms with Crippen molar-refractivity contribution in [1.82, 2.24) is 25.1 Å². The third-order valence-corrected chi connectivity index (χ3v) is 4.43. The summed E-state index contributed by atoms with van der Waals surface area (Å²) in [6.07, 6.45) is -0.620. The maximum atomic E-state index is 12.5. The minimum atomic E-state index is -4.60. The maximum absolute atomic E-state index is 12.5. The molecular formula is C15H17F3N6O. The second-order valence-corrected chi connectivity index (χ2v) is 6.34. The monoisotopic (exact) mass is 354 g/mol. The number of hydrogen-bond donors (Lipinski definition) is 0. The first-order chi connectivity index (χ1) is 12.0. The van der Waals surface area contributed by atoms with Crippen LogP contribution in [0.3, 0.4) is 0 Å². The van der Waals surface area contributed by atoms with E-state index in [1.165, 1.54) is 12.8 Å². The fourth-order valence-corrected chi connectivity index (χ4v) is 2.90. The topological polar surface area (TPSA) is 71.2 Å². The molecule has 25 heavy (non-hydrogen) atoms. The van der Waals surface area contributed by atoms with Gasteiger partial charge >= 0.3 is 12.1 Å². The van der Waals surface area contributed by atoms with Crippen molar-refractivity contribution in [1.29, 1.82) is 0 Å². The molecule has 0 atom stereocenters. The zero-order valence-corrected chi connectivity index (χ0v) is 13.4. The van der Waals surface area contributed by atoms with Crippen molar-refractivity contribution >= 4 is 5.82 Å². The van der Waals surface area contributed by atoms with Gasteiger partial charge in [-0.2, -0.15) is 13.2 Å². The van der Waals surface area contributed by atoms with Gasteiger partial charge in [0, 0.05) is 43.9 Å². The van der Waals surface area contributed by atoms with Crippen molar-refractivity contribution in [2.75, 3.05) is 31.1 Å². The van der Waals surface area contributed by atoms with E-state index in [0.717, 1.165) is 24.6 Å². The molecule has 134 valence electrons. The third kappa shape index (κ3) is 3.73. The number of piperazine rings is 1. The van der Waals surface area contributed by atoms with Gasteiger partial charge in [0.25, 0.3) is 0 Å². The van der Waals surface area contributed by atoms with Crippen LogP contribution in [-0.2, 0) is 12.7 Å². The molecule has 3 heterocycles. The second-order valence-electron chi connectivity index (χ2n) is 6.34. The Morgan fingerprint density at radius 3 is 2.48 bits per heavy atom. The Hall–Kier alpha value is -2.23. The quantitative estimate of drug-likeness (QED) is 0.832. The normalized spacial score (nSPS) is 19.4. The molecule has 0 amide bonds. The molecular weight excluding hydrogens is 337 g/mol. The molecule has 0 bridgehead atoms. The van der Waals surface area contributed by atoms with Crippen LogP contribution in [0.25, 0.3) is 0 Å². The van der Waals surface area contributed by atoms with E-state index in [9.17, 15) is 13.2 Å². The molecule has 0 unspecified atom stereocenters. The molecule has 1 aliphatic carbocycles. The average Bonchev–Trinajstić information content (AvgIpc) is 3.34. The van der Waals surface area contributed by atoms with Gasteiger partial charge in [0.15, 0.2) is 0 Å². The number of anilines is 1. The number of hydrogen-bond acceptors (Lipinski definition) is 7. The molecule has 7 nitrogen and oxygen atoms in total. The van der Waals surface area contributed by atoms with Crippen LogP contribution in [-0.4, -0.2) is 51.2 Å². The van der Waals surface area contributed by atoms with Gasteiger partial charge in [0.05, 0.1) is 6.54 Å². The molecule has 2 aliphatic rings. The Balaban J connectivity index is 1.34. The van der Waals surface area contributed by atoms with Crippen molar-refractivity contribution in [2.45, 2.75) is 31.5 Å². The number of alkyl halides is 3. The lowest BCUT2D eigenvalue weighted by molar-refractivity contribution is -0.157. The van der Waals surface area contributed by atoms with Crippen LogP contribution < -0.4 is 4.90 Å². The summed E-state index contributed by atoms with van der Waals surface area (Å²) in [4.78, 5) is 12.8. The molecule has 1 aliphatic heterocycles. The summed E-state index contributed by atoms with van der Waals surface area (Å²) in [6.45, 7) is 3.07. The lowest BCUT2D eigenvalue weighted by atomic mass is 10.2. The van der Waals surface area contributed by atoms with E-state index in [0.29, 0.717) is 19.0 Å². The van der Waals surface area contributed by atoms with Crippen LogP contribution in [0, 0.1) is 0 Å². The fraction of sp³-hybridized carbons (Fsp3) is 0.600. The summed E-state index contributed by atoms with van der Waals surface area (Å²) in [5.74, 6) is 0.172. The van der Waals surface area contributed by atoms with Crippen LogP contribution in [0.1, 0.15) is 36.2 Å². The number of rotatable bonds is 4. The predicted molar refractivity (Wildman–Crippen MR) is 80.8 cm³/mol. The first kappa shape index (κ1) is 16.2. The van der Waals surface area contributed by atoms with E-state index < -0.39 is 12.1 Å². The van der Waals surface area contributed by atoms with Gasteiger partial charge in [0.2, 0.25) is 5.89 Å². The van der Waals surface area contributed by atoms with Crippen LogP contribution in [0.4, 0.5) is 19.0 Å². The Bertz CT molecular complexity index is 737. The van der Waals surface area contributed by atoms with Crippen molar-refractivity contribution in [3.8, 4) is 0 Å². The van der Waals surface area contributed by atoms with Crippen molar-refractivity contribution < 1.29 is 17.6 Å². The number of aromatic nitrogens is 4. The fourth-order valence-electron chi connectivity index (χ4n) is 2.90. The highest BCUT2D eigenvalue weighted by Gasteiger charge is 2.38. The van der Waals surface area contributed by atoms with Gasteiger partial charge in [-0.3, -0.25) is 4.90 Å². The molecule has 2 fully saturated rings. The molecule has 2 aromatic rings. The molecule has 10 heteroatoms. The van der Waals surface area contributed by atoms with Crippen molar-refractivity contribution in [3.05, 3.63) is 29.9 Å². The summed E-state index contributed by atoms with van der Waals surface area (Å²) < 4.78 is 42.1. The molecule has 0 spiro atoms. The van der Waals surface area contributed by atoms with Gasteiger partial charge < -0.3 is 9.32 Å². The summed E-state index contributed by atoms with van der Waals surface area (Å²) in [6, 6.07) is 2.04. The minimum Gasteiger partial charge on any atom is -0.416 e. The zero-order valence-electron chi connectivity index (χ0n) is 13.4. The van der Waals surface area contributed by atoms with Gasteiger partial charge in [-0.05, 0) is 12.8 Å². The zero-order chi connectivity index (χ0) is 17.4. The van der Waals surface area contributed by atoms with Crippen molar-refractivity contribution in [3.63, 3.8) is 0 Å². The largest absolute Gasteiger partial charge is 0.470 e. The first-order valence-corrected chi connectivity index (χ1v) is 8.18. The lowest BCUT2D eigenvalue weighted by Crippen LogP contribution is -2.46. The maximum Gasteiger partial charge on any atom is 0.470 e. The minimum absolute atomic E-state index is 0.0150. The highest BCUT2D eigenvalue weighted by molar-refractivity contribution is 5.41. The molecule has 2 aromatic heterocycles.